The highest BCUT2D eigenvalue weighted by molar-refractivity contribution is 5.93. The number of H-pyrrole nitrogens is 1. The molecule has 4 N–H and O–H groups in total. The van der Waals surface area contributed by atoms with Crippen LogP contribution >= 0.6 is 0 Å². The maximum absolute atomic E-state index is 12.1. The summed E-state index contributed by atoms with van der Waals surface area (Å²) in [4.78, 5) is 14.1. The van der Waals surface area contributed by atoms with Crippen LogP contribution in [-0.4, -0.2) is 46.2 Å². The Morgan fingerprint density at radius 3 is 3.31 bits per heavy atom. The van der Waals surface area contributed by atoms with E-state index < -0.39 is 0 Å². The number of hydrogen-bond donors (Lipinski definition) is 3. The lowest BCUT2D eigenvalue weighted by Gasteiger charge is -2.26. The van der Waals surface area contributed by atoms with Crippen molar-refractivity contribution < 1.29 is 4.79 Å². The third-order valence-corrected chi connectivity index (χ3v) is 3.25. The molecule has 1 saturated carbocycles. The van der Waals surface area contributed by atoms with Crippen LogP contribution in [0, 0.1) is 0 Å². The van der Waals surface area contributed by atoms with Gasteiger partial charge in [0.1, 0.15) is 5.69 Å². The maximum Gasteiger partial charge on any atom is 0.274 e. The molecule has 86 valence electrons. The fourth-order valence-electron chi connectivity index (χ4n) is 2.26. The summed E-state index contributed by atoms with van der Waals surface area (Å²) in [7, 11) is 0. The smallest absolute Gasteiger partial charge is 0.274 e. The lowest BCUT2D eigenvalue weighted by molar-refractivity contribution is 0.0713. The van der Waals surface area contributed by atoms with E-state index in [4.69, 9.17) is 5.73 Å². The summed E-state index contributed by atoms with van der Waals surface area (Å²) in [6, 6.07) is 2.62. The van der Waals surface area contributed by atoms with Crippen LogP contribution < -0.4 is 11.1 Å². The first-order valence-corrected chi connectivity index (χ1v) is 5.58. The van der Waals surface area contributed by atoms with Crippen molar-refractivity contribution in [3.8, 4) is 0 Å². The van der Waals surface area contributed by atoms with E-state index in [2.05, 4.69) is 15.5 Å². The topological polar surface area (TPSA) is 87.0 Å². The van der Waals surface area contributed by atoms with Crippen LogP contribution in [0.3, 0.4) is 0 Å². The molecule has 2 aliphatic rings. The van der Waals surface area contributed by atoms with Crippen molar-refractivity contribution in [2.24, 2.45) is 5.73 Å². The monoisotopic (exact) mass is 221 g/mol. The molecule has 0 spiro atoms. The van der Waals surface area contributed by atoms with Crippen molar-refractivity contribution in [3.63, 3.8) is 0 Å². The molecule has 0 aromatic carbocycles. The first-order valence-electron chi connectivity index (χ1n) is 5.58. The van der Waals surface area contributed by atoms with Gasteiger partial charge in [0.25, 0.3) is 5.91 Å². The normalized spacial score (nSPS) is 27.7. The number of aromatic amines is 1. The minimum atomic E-state index is 0.0185. The molecule has 0 bridgehead atoms. The summed E-state index contributed by atoms with van der Waals surface area (Å²) in [6.45, 7) is 2.03. The molecular formula is C10H15N5O. The number of carbonyl (C=O) groups excluding carboxylic acids is 1. The zero-order chi connectivity index (χ0) is 11.1. The predicted molar refractivity (Wildman–Crippen MR) is 57.7 cm³/mol. The van der Waals surface area contributed by atoms with Crippen molar-refractivity contribution >= 4 is 5.91 Å². The predicted octanol–water partition coefficient (Wildman–Crippen LogP) is -0.945. The molecule has 1 amide bonds. The minimum Gasteiger partial charge on any atom is -0.331 e. The molecule has 1 aromatic rings. The van der Waals surface area contributed by atoms with Crippen molar-refractivity contribution in [1.82, 2.24) is 20.4 Å². The number of nitrogens with two attached hydrogens (primary N) is 1. The number of aromatic nitrogens is 2. The van der Waals surface area contributed by atoms with Gasteiger partial charge in [-0.2, -0.15) is 5.10 Å². The molecule has 1 aliphatic heterocycles. The van der Waals surface area contributed by atoms with E-state index in [-0.39, 0.29) is 5.91 Å². The van der Waals surface area contributed by atoms with Gasteiger partial charge in [-0.3, -0.25) is 9.89 Å². The first kappa shape index (κ1) is 9.80. The van der Waals surface area contributed by atoms with E-state index in [1.807, 2.05) is 4.90 Å². The molecule has 16 heavy (non-hydrogen) atoms. The van der Waals surface area contributed by atoms with E-state index in [0.29, 0.717) is 24.3 Å². The van der Waals surface area contributed by atoms with Crippen molar-refractivity contribution in [1.29, 1.82) is 0 Å². The number of nitrogens with one attached hydrogen (secondary N) is 2. The molecule has 3 rings (SSSR count). The van der Waals surface area contributed by atoms with Gasteiger partial charge >= 0.3 is 0 Å². The van der Waals surface area contributed by atoms with Crippen LogP contribution in [-0.2, 0) is 6.54 Å². The third kappa shape index (κ3) is 1.50. The number of piperazine rings is 1. The van der Waals surface area contributed by atoms with Gasteiger partial charge in [-0.1, -0.05) is 0 Å². The summed E-state index contributed by atoms with van der Waals surface area (Å²) in [5.41, 5.74) is 6.75. The second-order valence-electron chi connectivity index (χ2n) is 4.34. The number of nitrogens with zero attached hydrogens (tertiary/aromatic N) is 2. The van der Waals surface area contributed by atoms with Crippen molar-refractivity contribution in [2.45, 2.75) is 25.0 Å². The number of fused-ring (bicyclic) bond motifs is 1. The second kappa shape index (κ2) is 3.57. The highest BCUT2D eigenvalue weighted by Gasteiger charge is 2.46. The number of rotatable bonds is 2. The Bertz CT molecular complexity index is 415. The Hall–Kier alpha value is -1.40. The van der Waals surface area contributed by atoms with Gasteiger partial charge in [-0.05, 0) is 12.5 Å². The Balaban J connectivity index is 1.76. The van der Waals surface area contributed by atoms with Crippen molar-refractivity contribution in [2.75, 3.05) is 13.1 Å². The molecule has 2 heterocycles. The van der Waals surface area contributed by atoms with Crippen LogP contribution in [0.5, 0.6) is 0 Å². The second-order valence-corrected chi connectivity index (χ2v) is 4.34. The lowest BCUT2D eigenvalue weighted by Crippen LogP contribution is -2.46. The fourth-order valence-corrected chi connectivity index (χ4v) is 2.26. The summed E-state index contributed by atoms with van der Waals surface area (Å²) in [5, 5.41) is 10.1. The Morgan fingerprint density at radius 2 is 2.56 bits per heavy atom. The standard InChI is InChI=1S/C10H15N5O/c11-5-6-3-8(14-13-6)10(16)15-2-1-12-7-4-9(7)15/h3,7,9,12H,1-2,4-5,11H2,(H,13,14). The number of amides is 1. The van der Waals surface area contributed by atoms with Crippen molar-refractivity contribution in [3.05, 3.63) is 17.5 Å². The van der Waals surface area contributed by atoms with Crippen LogP contribution in [0.4, 0.5) is 0 Å². The molecule has 6 heteroatoms. The van der Waals surface area contributed by atoms with Gasteiger partial charge < -0.3 is 16.0 Å². The Morgan fingerprint density at radius 1 is 1.69 bits per heavy atom. The van der Waals surface area contributed by atoms with Gasteiger partial charge in [-0.25, -0.2) is 0 Å². The van der Waals surface area contributed by atoms with E-state index in [1.165, 1.54) is 0 Å². The summed E-state index contributed by atoms with van der Waals surface area (Å²) >= 11 is 0. The van der Waals surface area contributed by atoms with Crippen LogP contribution in [0.1, 0.15) is 22.6 Å². The Labute approximate surface area is 93.2 Å². The van der Waals surface area contributed by atoms with Gasteiger partial charge in [0.05, 0.1) is 0 Å². The third-order valence-electron chi connectivity index (χ3n) is 3.25. The SMILES string of the molecule is NCc1cc(C(=O)N2CCNC3CC32)n[nH]1. The minimum absolute atomic E-state index is 0.0185. The molecular weight excluding hydrogens is 206 g/mol. The zero-order valence-electron chi connectivity index (χ0n) is 8.94. The lowest BCUT2D eigenvalue weighted by atomic mass is 10.3. The largest absolute Gasteiger partial charge is 0.331 e. The maximum atomic E-state index is 12.1. The van der Waals surface area contributed by atoms with Crippen LogP contribution in [0.25, 0.3) is 0 Å². The average Bonchev–Trinajstić information content (AvgIpc) is 2.95. The number of hydrogen-bond acceptors (Lipinski definition) is 4. The fraction of sp³-hybridized carbons (Fsp3) is 0.600. The Kier molecular flexibility index (Phi) is 2.19. The molecule has 6 nitrogen and oxygen atoms in total. The highest BCUT2D eigenvalue weighted by atomic mass is 16.2. The molecule has 2 unspecified atom stereocenters. The molecule has 0 radical (unpaired) electrons. The molecule has 1 saturated heterocycles. The van der Waals surface area contributed by atoms with Gasteiger partial charge in [-0.15, -0.1) is 0 Å². The highest BCUT2D eigenvalue weighted by Crippen LogP contribution is 2.31. The van der Waals surface area contributed by atoms with Gasteiger partial charge in [0.15, 0.2) is 0 Å². The van der Waals surface area contributed by atoms with Crippen LogP contribution in [0.2, 0.25) is 0 Å². The van der Waals surface area contributed by atoms with Crippen LogP contribution in [0.15, 0.2) is 6.07 Å². The van der Waals surface area contributed by atoms with E-state index >= 15 is 0 Å². The zero-order valence-corrected chi connectivity index (χ0v) is 8.94. The summed E-state index contributed by atoms with van der Waals surface area (Å²) in [6.07, 6.45) is 1.07. The van der Waals surface area contributed by atoms with E-state index in [9.17, 15) is 4.79 Å². The number of carbonyl (C=O) groups is 1. The molecule has 1 aliphatic carbocycles. The van der Waals surface area contributed by atoms with Gasteiger partial charge in [0.2, 0.25) is 0 Å². The first-order chi connectivity index (χ1) is 7.79. The summed E-state index contributed by atoms with van der Waals surface area (Å²) in [5.74, 6) is 0.0185. The van der Waals surface area contributed by atoms with Gasteiger partial charge in [0, 0.05) is 37.4 Å². The molecule has 2 atom stereocenters. The quantitative estimate of drug-likeness (QED) is 0.601. The molecule has 1 aromatic heterocycles. The van der Waals surface area contributed by atoms with E-state index in [0.717, 1.165) is 25.2 Å². The average molecular weight is 221 g/mol. The molecule has 2 fully saturated rings. The van der Waals surface area contributed by atoms with E-state index in [1.54, 1.807) is 6.07 Å². The summed E-state index contributed by atoms with van der Waals surface area (Å²) < 4.78 is 0.